The molecule has 72 valence electrons. The van der Waals surface area contributed by atoms with Crippen LogP contribution in [0.4, 0.5) is 0 Å². The minimum Gasteiger partial charge on any atom is -0.508 e. The first-order chi connectivity index (χ1) is 6.33. The molecule has 0 saturated carbocycles. The third-order valence-electron chi connectivity index (χ3n) is 1.36. The Hall–Kier alpha value is -1.44. The fourth-order valence-electron chi connectivity index (χ4n) is 0.856. The maximum Gasteiger partial charge on any atom is 0.115 e. The van der Waals surface area contributed by atoms with Gasteiger partial charge in [0, 0.05) is 6.54 Å². The molecule has 2 nitrogen and oxygen atoms in total. The van der Waals surface area contributed by atoms with Crippen LogP contribution in [0.2, 0.25) is 0 Å². The van der Waals surface area contributed by atoms with Crippen LogP contribution in [-0.2, 0) is 6.54 Å². The summed E-state index contributed by atoms with van der Waals surface area (Å²) in [7, 11) is 0. The lowest BCUT2D eigenvalue weighted by molar-refractivity contribution is 0.474. The van der Waals surface area contributed by atoms with E-state index in [0.29, 0.717) is 12.3 Å². The molecule has 0 amide bonds. The van der Waals surface area contributed by atoms with Crippen LogP contribution in [0, 0.1) is 0 Å². The normalized spacial score (nSPS) is 8.15. The average molecular weight is 179 g/mol. The lowest BCUT2D eigenvalue weighted by Gasteiger charge is -2.00. The van der Waals surface area contributed by atoms with E-state index in [9.17, 15) is 0 Å². The maximum absolute atomic E-state index is 9.06. The SMILES string of the molecule is C=CNCc1cccc(O)c1.CC. The van der Waals surface area contributed by atoms with Crippen LogP contribution in [-0.4, -0.2) is 5.11 Å². The zero-order valence-corrected chi connectivity index (χ0v) is 8.25. The van der Waals surface area contributed by atoms with Gasteiger partial charge in [-0.1, -0.05) is 32.6 Å². The Kier molecular flexibility index (Phi) is 6.42. The van der Waals surface area contributed by atoms with E-state index in [0.717, 1.165) is 5.56 Å². The number of hydrogen-bond acceptors (Lipinski definition) is 2. The molecule has 0 aliphatic carbocycles. The first kappa shape index (κ1) is 11.6. The zero-order valence-electron chi connectivity index (χ0n) is 8.25. The van der Waals surface area contributed by atoms with Gasteiger partial charge in [0.05, 0.1) is 0 Å². The Morgan fingerprint density at radius 3 is 2.69 bits per heavy atom. The van der Waals surface area contributed by atoms with Gasteiger partial charge in [-0.2, -0.15) is 0 Å². The highest BCUT2D eigenvalue weighted by Gasteiger charge is 1.90. The molecule has 2 heteroatoms. The molecule has 0 fully saturated rings. The number of phenolic OH excluding ortho intramolecular Hbond substituents is 1. The van der Waals surface area contributed by atoms with Gasteiger partial charge < -0.3 is 10.4 Å². The molecule has 1 rings (SSSR count). The van der Waals surface area contributed by atoms with E-state index in [-0.39, 0.29) is 0 Å². The van der Waals surface area contributed by atoms with E-state index in [1.807, 2.05) is 26.0 Å². The van der Waals surface area contributed by atoms with E-state index in [4.69, 9.17) is 5.11 Å². The van der Waals surface area contributed by atoms with Crippen molar-refractivity contribution in [1.82, 2.24) is 5.32 Å². The molecule has 1 aromatic carbocycles. The minimum absolute atomic E-state index is 0.299. The Labute approximate surface area is 79.9 Å². The van der Waals surface area contributed by atoms with Crippen molar-refractivity contribution in [3.8, 4) is 5.75 Å². The van der Waals surface area contributed by atoms with E-state index < -0.39 is 0 Å². The van der Waals surface area contributed by atoms with Crippen molar-refractivity contribution in [2.75, 3.05) is 0 Å². The Bertz CT molecular complexity index is 246. The molecular weight excluding hydrogens is 162 g/mol. The van der Waals surface area contributed by atoms with Gasteiger partial charge >= 0.3 is 0 Å². The lowest BCUT2D eigenvalue weighted by Crippen LogP contribution is -2.02. The molecule has 0 atom stereocenters. The van der Waals surface area contributed by atoms with Gasteiger partial charge in [-0.05, 0) is 23.9 Å². The largest absolute Gasteiger partial charge is 0.508 e. The van der Waals surface area contributed by atoms with Crippen molar-refractivity contribution in [3.05, 3.63) is 42.6 Å². The Morgan fingerprint density at radius 1 is 1.46 bits per heavy atom. The number of aromatic hydroxyl groups is 1. The summed E-state index contributed by atoms with van der Waals surface area (Å²) in [4.78, 5) is 0. The number of phenols is 1. The predicted octanol–water partition coefficient (Wildman–Crippen LogP) is 2.65. The van der Waals surface area contributed by atoms with E-state index in [2.05, 4.69) is 11.9 Å². The topological polar surface area (TPSA) is 32.3 Å². The second kappa shape index (κ2) is 7.22. The van der Waals surface area contributed by atoms with Gasteiger partial charge in [0.15, 0.2) is 0 Å². The number of hydrogen-bond donors (Lipinski definition) is 2. The third kappa shape index (κ3) is 4.90. The van der Waals surface area contributed by atoms with Gasteiger partial charge in [-0.15, -0.1) is 0 Å². The van der Waals surface area contributed by atoms with Crippen LogP contribution in [0.25, 0.3) is 0 Å². The summed E-state index contributed by atoms with van der Waals surface area (Å²) in [5.74, 6) is 0.299. The zero-order chi connectivity index (χ0) is 10.1. The number of nitrogens with one attached hydrogen (secondary N) is 1. The van der Waals surface area contributed by atoms with Gasteiger partial charge in [0.25, 0.3) is 0 Å². The molecule has 0 radical (unpaired) electrons. The van der Waals surface area contributed by atoms with Crippen LogP contribution in [0.3, 0.4) is 0 Å². The molecule has 0 heterocycles. The standard InChI is InChI=1S/C9H11NO.C2H6/c1-2-10-7-8-4-3-5-9(11)6-8;1-2/h2-6,10-11H,1,7H2;1-2H3. The molecule has 0 aliphatic rings. The summed E-state index contributed by atoms with van der Waals surface area (Å²) in [5.41, 5.74) is 1.05. The Balaban J connectivity index is 0.000000671. The molecule has 0 aromatic heterocycles. The van der Waals surface area contributed by atoms with Gasteiger partial charge in [0.1, 0.15) is 5.75 Å². The molecule has 0 aliphatic heterocycles. The van der Waals surface area contributed by atoms with Crippen molar-refractivity contribution in [2.24, 2.45) is 0 Å². The maximum atomic E-state index is 9.06. The van der Waals surface area contributed by atoms with Crippen LogP contribution >= 0.6 is 0 Å². The second-order valence-corrected chi connectivity index (χ2v) is 2.25. The van der Waals surface area contributed by atoms with Crippen LogP contribution in [0.1, 0.15) is 19.4 Å². The molecule has 0 bridgehead atoms. The molecule has 13 heavy (non-hydrogen) atoms. The summed E-state index contributed by atoms with van der Waals surface area (Å²) in [6, 6.07) is 7.12. The third-order valence-corrected chi connectivity index (χ3v) is 1.36. The Morgan fingerprint density at radius 2 is 2.15 bits per heavy atom. The van der Waals surface area contributed by atoms with E-state index in [1.165, 1.54) is 0 Å². The minimum atomic E-state index is 0.299. The smallest absolute Gasteiger partial charge is 0.115 e. The first-order valence-electron chi connectivity index (χ1n) is 4.45. The molecule has 0 saturated heterocycles. The van der Waals surface area contributed by atoms with Crippen LogP contribution in [0.5, 0.6) is 5.75 Å². The van der Waals surface area contributed by atoms with Gasteiger partial charge in [0.2, 0.25) is 0 Å². The van der Waals surface area contributed by atoms with Crippen LogP contribution in [0.15, 0.2) is 37.0 Å². The van der Waals surface area contributed by atoms with E-state index in [1.54, 1.807) is 18.3 Å². The van der Waals surface area contributed by atoms with Crippen molar-refractivity contribution in [2.45, 2.75) is 20.4 Å². The molecule has 0 spiro atoms. The van der Waals surface area contributed by atoms with E-state index >= 15 is 0 Å². The number of rotatable bonds is 3. The quantitative estimate of drug-likeness (QED) is 0.747. The lowest BCUT2D eigenvalue weighted by atomic mass is 10.2. The monoisotopic (exact) mass is 179 g/mol. The molecular formula is C11H17NO. The average Bonchev–Trinajstić information content (AvgIpc) is 2.18. The first-order valence-corrected chi connectivity index (χ1v) is 4.45. The van der Waals surface area contributed by atoms with Crippen molar-refractivity contribution < 1.29 is 5.11 Å². The van der Waals surface area contributed by atoms with Crippen molar-refractivity contribution in [3.63, 3.8) is 0 Å². The predicted molar refractivity (Wildman–Crippen MR) is 56.5 cm³/mol. The van der Waals surface area contributed by atoms with Gasteiger partial charge in [-0.3, -0.25) is 0 Å². The number of benzene rings is 1. The summed E-state index contributed by atoms with van der Waals surface area (Å²) < 4.78 is 0. The summed E-state index contributed by atoms with van der Waals surface area (Å²) >= 11 is 0. The van der Waals surface area contributed by atoms with Crippen LogP contribution < -0.4 is 5.32 Å². The second-order valence-electron chi connectivity index (χ2n) is 2.25. The summed E-state index contributed by atoms with van der Waals surface area (Å²) in [6.45, 7) is 8.23. The highest BCUT2D eigenvalue weighted by Crippen LogP contribution is 2.09. The molecule has 2 N–H and O–H groups in total. The highest BCUT2D eigenvalue weighted by atomic mass is 16.3. The fourth-order valence-corrected chi connectivity index (χ4v) is 0.856. The highest BCUT2D eigenvalue weighted by molar-refractivity contribution is 5.26. The van der Waals surface area contributed by atoms with Crippen molar-refractivity contribution in [1.29, 1.82) is 0 Å². The summed E-state index contributed by atoms with van der Waals surface area (Å²) in [6.07, 6.45) is 1.63. The molecule has 0 unspecified atom stereocenters. The summed E-state index contributed by atoms with van der Waals surface area (Å²) in [5, 5.41) is 12.0. The molecule has 1 aromatic rings. The van der Waals surface area contributed by atoms with Gasteiger partial charge in [-0.25, -0.2) is 0 Å². The fraction of sp³-hybridized carbons (Fsp3) is 0.273. The van der Waals surface area contributed by atoms with Crippen molar-refractivity contribution >= 4 is 0 Å².